The second kappa shape index (κ2) is 3.85. The number of rotatable bonds is 1. The zero-order valence-corrected chi connectivity index (χ0v) is 13.6. The molecule has 1 heterocycles. The van der Waals surface area contributed by atoms with E-state index < -0.39 is 8.07 Å². The predicted octanol–water partition coefficient (Wildman–Crippen LogP) is 4.58. The third-order valence-electron chi connectivity index (χ3n) is 1.44. The first kappa shape index (κ1) is 11.4. The van der Waals surface area contributed by atoms with Crippen molar-refractivity contribution < 1.29 is 0 Å². The van der Waals surface area contributed by atoms with Gasteiger partial charge < -0.3 is 0 Å². The molecule has 0 atom stereocenters. The molecule has 1 rings (SSSR count). The van der Waals surface area contributed by atoms with E-state index in [1.54, 1.807) is 0 Å². The summed E-state index contributed by atoms with van der Waals surface area (Å²) in [5.41, 5.74) is 0. The summed E-state index contributed by atoms with van der Waals surface area (Å²) in [7, 11) is -1.18. The fraction of sp³-hybridized carbons (Fsp3) is 0.429. The molecular weight excluding hydrogens is 384 g/mol. The van der Waals surface area contributed by atoms with Crippen molar-refractivity contribution in [3.8, 4) is 0 Å². The highest BCUT2D eigenvalue weighted by Crippen LogP contribution is 2.36. The highest BCUT2D eigenvalue weighted by atomic mass is 79.9. The Balaban J connectivity index is 3.28. The molecule has 0 nitrogen and oxygen atoms in total. The second-order valence-electron chi connectivity index (χ2n) is 3.58. The van der Waals surface area contributed by atoms with Gasteiger partial charge in [-0.15, -0.1) is 11.3 Å². The van der Waals surface area contributed by atoms with Crippen LogP contribution in [-0.4, -0.2) is 8.07 Å². The van der Waals surface area contributed by atoms with Crippen molar-refractivity contribution in [1.82, 2.24) is 0 Å². The highest BCUT2D eigenvalue weighted by Gasteiger charge is 2.24. The van der Waals surface area contributed by atoms with E-state index in [0.29, 0.717) is 0 Å². The summed E-state index contributed by atoms with van der Waals surface area (Å²) in [6, 6.07) is 0. The Morgan fingerprint density at radius 2 is 1.50 bits per heavy atom. The average molecular weight is 393 g/mol. The maximum absolute atomic E-state index is 3.61. The summed E-state index contributed by atoms with van der Waals surface area (Å²) >= 11 is 12.5. The quantitative estimate of drug-likeness (QED) is 0.613. The molecule has 1 aromatic heterocycles. The predicted molar refractivity (Wildman–Crippen MR) is 70.4 cm³/mol. The van der Waals surface area contributed by atoms with Gasteiger partial charge in [-0.1, -0.05) is 19.6 Å². The van der Waals surface area contributed by atoms with E-state index in [1.807, 2.05) is 11.3 Å². The molecule has 0 radical (unpaired) electrons. The third kappa shape index (κ3) is 2.23. The third-order valence-corrected chi connectivity index (χ3v) is 10.4. The molecule has 0 bridgehead atoms. The van der Waals surface area contributed by atoms with Gasteiger partial charge in [0.2, 0.25) is 0 Å². The molecule has 0 fully saturated rings. The van der Waals surface area contributed by atoms with Gasteiger partial charge in [0.15, 0.2) is 0 Å². The van der Waals surface area contributed by atoms with Gasteiger partial charge in [0, 0.05) is 8.97 Å². The van der Waals surface area contributed by atoms with Crippen molar-refractivity contribution in [1.29, 1.82) is 0 Å². The largest absolute Gasteiger partial charge is 0.136 e. The van der Waals surface area contributed by atoms with Crippen LogP contribution in [0.2, 0.25) is 19.6 Å². The molecule has 1 aromatic rings. The fourth-order valence-electron chi connectivity index (χ4n) is 0.848. The van der Waals surface area contributed by atoms with Crippen molar-refractivity contribution in [2.75, 3.05) is 0 Å². The summed E-state index contributed by atoms with van der Waals surface area (Å²) in [4.78, 5) is 0. The van der Waals surface area contributed by atoms with Crippen LogP contribution in [0.5, 0.6) is 0 Å². The van der Waals surface area contributed by atoms with E-state index in [4.69, 9.17) is 0 Å². The first-order valence-corrected chi connectivity index (χ1v) is 10.2. The molecule has 0 aliphatic carbocycles. The van der Waals surface area contributed by atoms with Crippen LogP contribution in [0.3, 0.4) is 0 Å². The Kier molecular flexibility index (Phi) is 3.66. The Morgan fingerprint density at radius 3 is 1.67 bits per heavy atom. The lowest BCUT2D eigenvalue weighted by Crippen LogP contribution is -2.35. The van der Waals surface area contributed by atoms with Gasteiger partial charge in [-0.25, -0.2) is 0 Å². The number of hydrogen-bond acceptors (Lipinski definition) is 1. The summed E-state index contributed by atoms with van der Waals surface area (Å²) in [6.07, 6.45) is 0. The average Bonchev–Trinajstić information content (AvgIpc) is 2.15. The smallest absolute Gasteiger partial charge is 0.0920 e. The summed E-state index contributed by atoms with van der Waals surface area (Å²) in [6.45, 7) is 7.05. The van der Waals surface area contributed by atoms with Crippen LogP contribution in [0.25, 0.3) is 0 Å². The van der Waals surface area contributed by atoms with Gasteiger partial charge in [0.1, 0.15) is 0 Å². The number of thiophene rings is 1. The van der Waals surface area contributed by atoms with Crippen LogP contribution in [0.1, 0.15) is 0 Å². The maximum Gasteiger partial charge on any atom is 0.0920 e. The van der Waals surface area contributed by atoms with Crippen molar-refractivity contribution >= 4 is 71.7 Å². The SMILES string of the molecule is C[Si](C)(C)c1sc(Br)c(Br)c1Br. The van der Waals surface area contributed by atoms with E-state index in [9.17, 15) is 0 Å². The fourth-order valence-corrected chi connectivity index (χ4v) is 8.23. The zero-order valence-electron chi connectivity index (χ0n) is 7.04. The normalized spacial score (nSPS) is 12.2. The molecule has 0 N–H and O–H groups in total. The minimum absolute atomic E-state index is 1.16. The Labute approximate surface area is 103 Å². The van der Waals surface area contributed by atoms with Crippen LogP contribution in [0.15, 0.2) is 12.7 Å². The first-order chi connectivity index (χ1) is 5.34. The molecule has 0 spiro atoms. The lowest BCUT2D eigenvalue weighted by molar-refractivity contribution is 1.72. The minimum Gasteiger partial charge on any atom is -0.136 e. The standard InChI is InChI=1S/C7H9Br3SSi/c1-12(2,3)7-5(9)4(8)6(10)11-7/h1-3H3. The molecule has 0 saturated carbocycles. The minimum atomic E-state index is -1.18. The van der Waals surface area contributed by atoms with E-state index in [1.165, 1.54) is 12.8 Å². The van der Waals surface area contributed by atoms with Crippen molar-refractivity contribution in [3.05, 3.63) is 12.7 Å². The first-order valence-electron chi connectivity index (χ1n) is 3.48. The molecule has 68 valence electrons. The van der Waals surface area contributed by atoms with Gasteiger partial charge in [-0.05, 0) is 47.8 Å². The Bertz CT molecular complexity index is 300. The van der Waals surface area contributed by atoms with Gasteiger partial charge in [-0.3, -0.25) is 0 Å². The van der Waals surface area contributed by atoms with E-state index in [-0.39, 0.29) is 0 Å². The second-order valence-corrected chi connectivity index (χ2v) is 12.9. The lowest BCUT2D eigenvalue weighted by Gasteiger charge is -2.13. The molecule has 0 unspecified atom stereocenters. The zero-order chi connectivity index (χ0) is 9.52. The van der Waals surface area contributed by atoms with Crippen molar-refractivity contribution in [3.63, 3.8) is 0 Å². The summed E-state index contributed by atoms with van der Waals surface area (Å²) in [5.74, 6) is 0. The molecule has 5 heteroatoms. The summed E-state index contributed by atoms with van der Waals surface area (Å²) < 4.78 is 5.08. The number of halogens is 3. The summed E-state index contributed by atoms with van der Waals surface area (Å²) in [5, 5.41) is 0. The maximum atomic E-state index is 3.61. The van der Waals surface area contributed by atoms with E-state index >= 15 is 0 Å². The highest BCUT2D eigenvalue weighted by molar-refractivity contribution is 9.14. The van der Waals surface area contributed by atoms with Crippen LogP contribution in [0.4, 0.5) is 0 Å². The van der Waals surface area contributed by atoms with Crippen LogP contribution in [0, 0.1) is 0 Å². The Morgan fingerprint density at radius 1 is 1.00 bits per heavy atom. The molecule has 0 amide bonds. The number of hydrogen-bond donors (Lipinski definition) is 0. The van der Waals surface area contributed by atoms with Gasteiger partial charge in [-0.2, -0.15) is 0 Å². The van der Waals surface area contributed by atoms with E-state index in [0.717, 1.165) is 4.47 Å². The van der Waals surface area contributed by atoms with Crippen LogP contribution < -0.4 is 4.50 Å². The van der Waals surface area contributed by atoms with Crippen molar-refractivity contribution in [2.24, 2.45) is 0 Å². The Hall–Kier alpha value is 1.36. The van der Waals surface area contributed by atoms with Crippen molar-refractivity contribution in [2.45, 2.75) is 19.6 Å². The molecule has 0 aliphatic rings. The molecule has 0 aromatic carbocycles. The van der Waals surface area contributed by atoms with Gasteiger partial charge >= 0.3 is 0 Å². The molecule has 0 saturated heterocycles. The van der Waals surface area contributed by atoms with Crippen LogP contribution in [-0.2, 0) is 0 Å². The van der Waals surface area contributed by atoms with Gasteiger partial charge in [0.25, 0.3) is 0 Å². The molecule has 0 aliphatic heterocycles. The monoisotopic (exact) mass is 390 g/mol. The topological polar surface area (TPSA) is 0 Å². The van der Waals surface area contributed by atoms with Gasteiger partial charge in [0.05, 0.1) is 16.3 Å². The lowest BCUT2D eigenvalue weighted by atomic mass is 10.7. The van der Waals surface area contributed by atoms with Crippen LogP contribution >= 0.6 is 59.1 Å². The molecular formula is C7H9Br3SSi. The van der Waals surface area contributed by atoms with E-state index in [2.05, 4.69) is 67.4 Å². The molecule has 12 heavy (non-hydrogen) atoms.